The first-order valence-electron chi connectivity index (χ1n) is 9.80. The molecule has 1 aromatic carbocycles. The number of ketones is 1. The number of fused-ring (bicyclic) bond motifs is 2. The molecule has 1 fully saturated rings. The van der Waals surface area contributed by atoms with Crippen molar-refractivity contribution in [1.82, 2.24) is 4.90 Å². The molecule has 150 valence electrons. The molecule has 6 heteroatoms. The van der Waals surface area contributed by atoms with Crippen molar-refractivity contribution in [1.29, 1.82) is 0 Å². The maximum absolute atomic E-state index is 13.7. The number of hydrogen-bond donors (Lipinski definition) is 0. The number of rotatable bonds is 2. The lowest BCUT2D eigenvalue weighted by atomic mass is 9.70. The zero-order valence-electron chi connectivity index (χ0n) is 16.4. The summed E-state index contributed by atoms with van der Waals surface area (Å²) in [5.41, 5.74) is 2.76. The van der Waals surface area contributed by atoms with Crippen molar-refractivity contribution in [3.63, 3.8) is 0 Å². The lowest BCUT2D eigenvalue weighted by Crippen LogP contribution is -2.47. The molecule has 0 aromatic heterocycles. The number of nitrogens with zero attached hydrogens (tertiary/aromatic N) is 1. The summed E-state index contributed by atoms with van der Waals surface area (Å²) in [6.45, 7) is 5.22. The SMILES string of the molecule is COC(=O)C1CCCC2=C1C(c1cccc(Cl)c1Cl)C(=O)C1CC(C)(C)CN21. The molecule has 0 saturated carbocycles. The minimum atomic E-state index is -0.541. The minimum Gasteiger partial charge on any atom is -0.469 e. The number of benzene rings is 1. The second kappa shape index (κ2) is 7.07. The monoisotopic (exact) mass is 421 g/mol. The van der Waals surface area contributed by atoms with Crippen LogP contribution in [0.1, 0.15) is 51.0 Å². The van der Waals surface area contributed by atoms with E-state index in [9.17, 15) is 9.59 Å². The maximum atomic E-state index is 13.7. The maximum Gasteiger partial charge on any atom is 0.312 e. The van der Waals surface area contributed by atoms with Gasteiger partial charge in [-0.3, -0.25) is 9.59 Å². The van der Waals surface area contributed by atoms with Crippen LogP contribution < -0.4 is 0 Å². The molecule has 3 aliphatic rings. The molecular formula is C22H25Cl2NO3. The van der Waals surface area contributed by atoms with Crippen molar-refractivity contribution in [2.45, 2.75) is 51.5 Å². The first kappa shape index (κ1) is 19.8. The van der Waals surface area contributed by atoms with E-state index in [1.807, 2.05) is 12.1 Å². The Morgan fingerprint density at radius 1 is 1.29 bits per heavy atom. The molecule has 0 bridgehead atoms. The van der Waals surface area contributed by atoms with E-state index in [0.29, 0.717) is 22.0 Å². The van der Waals surface area contributed by atoms with Crippen LogP contribution in [-0.4, -0.2) is 36.3 Å². The third kappa shape index (κ3) is 3.05. The average molecular weight is 422 g/mol. The highest BCUT2D eigenvalue weighted by Crippen LogP contribution is 2.52. The quantitative estimate of drug-likeness (QED) is 0.631. The number of carbonyl (C=O) groups is 2. The summed E-state index contributed by atoms with van der Waals surface area (Å²) in [6, 6.07) is 5.22. The number of hydrogen-bond acceptors (Lipinski definition) is 4. The fourth-order valence-corrected chi connectivity index (χ4v) is 5.67. The lowest BCUT2D eigenvalue weighted by molar-refractivity contribution is -0.145. The summed E-state index contributed by atoms with van der Waals surface area (Å²) in [4.78, 5) is 28.6. The van der Waals surface area contributed by atoms with Crippen LogP contribution in [0.2, 0.25) is 10.0 Å². The molecular weight excluding hydrogens is 397 g/mol. The van der Waals surface area contributed by atoms with Gasteiger partial charge in [0.05, 0.1) is 35.0 Å². The van der Waals surface area contributed by atoms with Crippen molar-refractivity contribution >= 4 is 35.0 Å². The Hall–Kier alpha value is -1.52. The standard InChI is InChI=1S/C22H25Cl2NO3/c1-22(2)10-16-20(26)18(12-6-4-8-14(23)19(12)24)17-13(21(27)28-3)7-5-9-15(17)25(16)11-22/h4,6,8,13,16,18H,5,7,9-11H2,1-3H3. The number of carbonyl (C=O) groups excluding carboxylic acids is 2. The zero-order valence-corrected chi connectivity index (χ0v) is 17.9. The van der Waals surface area contributed by atoms with E-state index in [4.69, 9.17) is 27.9 Å². The zero-order chi connectivity index (χ0) is 20.2. The van der Waals surface area contributed by atoms with Crippen LogP contribution in [0.4, 0.5) is 0 Å². The summed E-state index contributed by atoms with van der Waals surface area (Å²) < 4.78 is 5.10. The number of allylic oxidation sites excluding steroid dienone is 1. The van der Waals surface area contributed by atoms with E-state index < -0.39 is 11.8 Å². The number of methoxy groups -OCH3 is 1. The summed E-state index contributed by atoms with van der Waals surface area (Å²) in [5, 5.41) is 0.822. The second-order valence-corrected chi connectivity index (χ2v) is 9.65. The predicted molar refractivity (Wildman–Crippen MR) is 109 cm³/mol. The van der Waals surface area contributed by atoms with Crippen molar-refractivity contribution in [3.8, 4) is 0 Å². The molecule has 4 rings (SSSR count). The van der Waals surface area contributed by atoms with Crippen LogP contribution in [0.25, 0.3) is 0 Å². The van der Waals surface area contributed by atoms with Gasteiger partial charge in [-0.05, 0) is 48.3 Å². The van der Waals surface area contributed by atoms with Gasteiger partial charge in [0.2, 0.25) is 0 Å². The summed E-state index contributed by atoms with van der Waals surface area (Å²) in [6.07, 6.45) is 3.28. The van der Waals surface area contributed by atoms with E-state index in [-0.39, 0.29) is 23.2 Å². The van der Waals surface area contributed by atoms with Crippen molar-refractivity contribution in [3.05, 3.63) is 45.1 Å². The summed E-state index contributed by atoms with van der Waals surface area (Å²) >= 11 is 12.8. The number of Topliss-reactive ketones (excluding diaryl/α,β-unsaturated/α-hetero) is 1. The number of esters is 1. The van der Waals surface area contributed by atoms with Gasteiger partial charge in [0, 0.05) is 12.2 Å². The van der Waals surface area contributed by atoms with Crippen LogP contribution >= 0.6 is 23.2 Å². The normalized spacial score (nSPS) is 28.8. The molecule has 0 N–H and O–H groups in total. The van der Waals surface area contributed by atoms with E-state index in [2.05, 4.69) is 18.7 Å². The topological polar surface area (TPSA) is 46.6 Å². The Bertz CT molecular complexity index is 877. The number of halogens is 2. The van der Waals surface area contributed by atoms with Gasteiger partial charge in [0.1, 0.15) is 0 Å². The molecule has 4 nitrogen and oxygen atoms in total. The van der Waals surface area contributed by atoms with Gasteiger partial charge in [0.25, 0.3) is 0 Å². The third-order valence-corrected chi connectivity index (χ3v) is 7.22. The van der Waals surface area contributed by atoms with E-state index in [0.717, 1.165) is 37.1 Å². The van der Waals surface area contributed by atoms with Crippen molar-refractivity contribution in [2.75, 3.05) is 13.7 Å². The van der Waals surface area contributed by atoms with Crippen LogP contribution in [-0.2, 0) is 14.3 Å². The molecule has 1 aliphatic carbocycles. The highest BCUT2D eigenvalue weighted by Gasteiger charge is 2.52. The Morgan fingerprint density at radius 3 is 2.75 bits per heavy atom. The Balaban J connectivity index is 1.93. The van der Waals surface area contributed by atoms with Gasteiger partial charge in [0.15, 0.2) is 5.78 Å². The van der Waals surface area contributed by atoms with Crippen molar-refractivity contribution < 1.29 is 14.3 Å². The second-order valence-electron chi connectivity index (χ2n) is 8.86. The third-order valence-electron chi connectivity index (χ3n) is 6.38. The molecule has 1 saturated heterocycles. The van der Waals surface area contributed by atoms with Gasteiger partial charge in [-0.2, -0.15) is 0 Å². The highest BCUT2D eigenvalue weighted by molar-refractivity contribution is 6.42. The Morgan fingerprint density at radius 2 is 2.04 bits per heavy atom. The first-order valence-corrected chi connectivity index (χ1v) is 10.6. The lowest BCUT2D eigenvalue weighted by Gasteiger charge is -2.44. The molecule has 3 atom stereocenters. The van der Waals surface area contributed by atoms with Crippen LogP contribution in [0, 0.1) is 11.3 Å². The molecule has 1 aromatic rings. The van der Waals surface area contributed by atoms with E-state index in [1.165, 1.54) is 7.11 Å². The van der Waals surface area contributed by atoms with Crippen LogP contribution in [0.5, 0.6) is 0 Å². The molecule has 2 heterocycles. The van der Waals surface area contributed by atoms with Crippen LogP contribution in [0.3, 0.4) is 0 Å². The summed E-state index contributed by atoms with van der Waals surface area (Å²) in [5.74, 6) is -1.12. The van der Waals surface area contributed by atoms with E-state index >= 15 is 0 Å². The van der Waals surface area contributed by atoms with Crippen molar-refractivity contribution in [2.24, 2.45) is 11.3 Å². The number of ether oxygens (including phenoxy) is 1. The Kier molecular flexibility index (Phi) is 4.99. The molecule has 3 unspecified atom stereocenters. The Labute approximate surface area is 175 Å². The largest absolute Gasteiger partial charge is 0.469 e. The average Bonchev–Trinajstić information content (AvgIpc) is 3.00. The fourth-order valence-electron chi connectivity index (χ4n) is 5.26. The van der Waals surface area contributed by atoms with Gasteiger partial charge in [-0.15, -0.1) is 0 Å². The molecule has 0 radical (unpaired) electrons. The van der Waals surface area contributed by atoms with E-state index in [1.54, 1.807) is 6.07 Å². The molecule has 0 spiro atoms. The smallest absolute Gasteiger partial charge is 0.312 e. The fraction of sp³-hybridized carbons (Fsp3) is 0.545. The van der Waals surface area contributed by atoms with Gasteiger partial charge in [-0.25, -0.2) is 0 Å². The van der Waals surface area contributed by atoms with Gasteiger partial charge >= 0.3 is 5.97 Å². The van der Waals surface area contributed by atoms with Crippen LogP contribution in [0.15, 0.2) is 29.5 Å². The minimum absolute atomic E-state index is 0.0453. The van der Waals surface area contributed by atoms with Gasteiger partial charge in [-0.1, -0.05) is 49.2 Å². The predicted octanol–water partition coefficient (Wildman–Crippen LogP) is 4.99. The van der Waals surface area contributed by atoms with Gasteiger partial charge < -0.3 is 9.64 Å². The molecule has 0 amide bonds. The summed E-state index contributed by atoms with van der Waals surface area (Å²) in [7, 11) is 1.41. The first-order chi connectivity index (χ1) is 13.2. The molecule has 28 heavy (non-hydrogen) atoms. The molecule has 2 aliphatic heterocycles. The highest BCUT2D eigenvalue weighted by atomic mass is 35.5.